The molecule has 2 heterocycles. The van der Waals surface area contributed by atoms with E-state index >= 15 is 0 Å². The number of nitrogens with zero attached hydrogens (tertiary/aromatic N) is 3. The molecule has 1 aromatic carbocycles. The summed E-state index contributed by atoms with van der Waals surface area (Å²) in [7, 11) is 1.53. The van der Waals surface area contributed by atoms with E-state index in [2.05, 4.69) is 20.7 Å². The molecule has 10 heteroatoms. The summed E-state index contributed by atoms with van der Waals surface area (Å²) in [5, 5.41) is 8.57. The maximum atomic E-state index is 12.0. The van der Waals surface area contributed by atoms with E-state index in [-0.39, 0.29) is 5.56 Å². The number of amides is 3. The van der Waals surface area contributed by atoms with Crippen LogP contribution < -0.4 is 15.4 Å². The van der Waals surface area contributed by atoms with Crippen molar-refractivity contribution in [2.75, 3.05) is 19.0 Å². The number of aromatic nitrogens is 3. The van der Waals surface area contributed by atoms with E-state index in [1.54, 1.807) is 48.8 Å². The van der Waals surface area contributed by atoms with E-state index in [0.717, 1.165) is 0 Å². The minimum Gasteiger partial charge on any atom is -0.497 e. The van der Waals surface area contributed by atoms with Gasteiger partial charge in [-0.2, -0.15) is 5.10 Å². The molecule has 3 rings (SSSR count). The Bertz CT molecular complexity index is 985. The number of pyridine rings is 1. The van der Waals surface area contributed by atoms with Crippen LogP contribution in [0.25, 0.3) is 5.82 Å². The Morgan fingerprint density at radius 3 is 2.52 bits per heavy atom. The fourth-order valence-corrected chi connectivity index (χ4v) is 2.26. The van der Waals surface area contributed by atoms with Crippen molar-refractivity contribution in [3.63, 3.8) is 0 Å². The first-order chi connectivity index (χ1) is 14.0. The normalized spacial score (nSPS) is 10.1. The van der Waals surface area contributed by atoms with Crippen molar-refractivity contribution in [2.24, 2.45) is 0 Å². The van der Waals surface area contributed by atoms with Gasteiger partial charge in [-0.25, -0.2) is 19.3 Å². The van der Waals surface area contributed by atoms with E-state index in [0.29, 0.717) is 17.3 Å². The summed E-state index contributed by atoms with van der Waals surface area (Å²) in [5.74, 6) is -0.355. The van der Waals surface area contributed by atoms with Gasteiger partial charge in [0.1, 0.15) is 5.75 Å². The van der Waals surface area contributed by atoms with Crippen molar-refractivity contribution in [3.8, 4) is 11.6 Å². The molecule has 148 valence electrons. The lowest BCUT2D eigenvalue weighted by molar-refractivity contribution is -0.123. The number of ether oxygens (including phenoxy) is 2. The number of benzene rings is 1. The van der Waals surface area contributed by atoms with Crippen molar-refractivity contribution in [1.82, 2.24) is 20.1 Å². The Morgan fingerprint density at radius 1 is 1.10 bits per heavy atom. The summed E-state index contributed by atoms with van der Waals surface area (Å²) < 4.78 is 11.4. The maximum Gasteiger partial charge on any atom is 0.340 e. The molecule has 2 N–H and O–H groups in total. The molecule has 10 nitrogen and oxygen atoms in total. The number of anilines is 1. The van der Waals surface area contributed by atoms with Crippen LogP contribution in [0.4, 0.5) is 10.5 Å². The zero-order chi connectivity index (χ0) is 20.6. The van der Waals surface area contributed by atoms with Crippen LogP contribution in [0.15, 0.2) is 61.1 Å². The van der Waals surface area contributed by atoms with Gasteiger partial charge >= 0.3 is 12.0 Å². The lowest BCUT2D eigenvalue weighted by atomic mass is 10.3. The van der Waals surface area contributed by atoms with Crippen molar-refractivity contribution in [2.45, 2.75) is 0 Å². The monoisotopic (exact) mass is 395 g/mol. The fraction of sp³-hybridized carbons (Fsp3) is 0.105. The summed E-state index contributed by atoms with van der Waals surface area (Å²) in [6.07, 6.45) is 4.63. The standard InChI is InChI=1S/C19H17N5O5/c1-28-15-6-4-14(5-7-15)22-19(27)23-17(25)12-29-18(26)13-3-8-16(20-11-13)24-10-2-9-21-24/h2-11H,12H2,1H3,(H2,22,23,25,27). The van der Waals surface area contributed by atoms with Crippen LogP contribution in [-0.2, 0) is 9.53 Å². The summed E-state index contributed by atoms with van der Waals surface area (Å²) >= 11 is 0. The van der Waals surface area contributed by atoms with Crippen LogP contribution in [-0.4, -0.2) is 46.4 Å². The highest BCUT2D eigenvalue weighted by molar-refractivity contribution is 6.02. The Morgan fingerprint density at radius 2 is 1.90 bits per heavy atom. The second-order valence-corrected chi connectivity index (χ2v) is 5.66. The molecule has 0 fully saturated rings. The van der Waals surface area contributed by atoms with E-state index in [1.807, 2.05) is 0 Å². The Hall–Kier alpha value is -4.21. The molecule has 0 unspecified atom stereocenters. The molecular weight excluding hydrogens is 378 g/mol. The predicted molar refractivity (Wildman–Crippen MR) is 102 cm³/mol. The Labute approximate surface area is 165 Å². The molecule has 0 aliphatic rings. The molecule has 0 atom stereocenters. The minimum absolute atomic E-state index is 0.163. The number of carbonyl (C=O) groups excluding carboxylic acids is 3. The van der Waals surface area contributed by atoms with Gasteiger partial charge in [-0.3, -0.25) is 10.1 Å². The van der Waals surface area contributed by atoms with Crippen molar-refractivity contribution < 1.29 is 23.9 Å². The molecule has 0 aliphatic carbocycles. The molecule has 0 aliphatic heterocycles. The second-order valence-electron chi connectivity index (χ2n) is 5.66. The van der Waals surface area contributed by atoms with Gasteiger partial charge in [-0.05, 0) is 42.5 Å². The third-order valence-electron chi connectivity index (χ3n) is 3.66. The number of nitrogens with one attached hydrogen (secondary N) is 2. The molecule has 0 radical (unpaired) electrons. The van der Waals surface area contributed by atoms with Gasteiger partial charge in [0.25, 0.3) is 5.91 Å². The van der Waals surface area contributed by atoms with Gasteiger partial charge in [0.05, 0.1) is 12.7 Å². The number of imide groups is 1. The van der Waals surface area contributed by atoms with Gasteiger partial charge in [-0.1, -0.05) is 0 Å². The second kappa shape index (κ2) is 9.13. The van der Waals surface area contributed by atoms with E-state index in [4.69, 9.17) is 9.47 Å². The van der Waals surface area contributed by atoms with Crippen LogP contribution in [0.5, 0.6) is 5.75 Å². The minimum atomic E-state index is -0.773. The molecule has 3 amide bonds. The Kier molecular flexibility index (Phi) is 6.15. The van der Waals surface area contributed by atoms with Crippen LogP contribution in [0.3, 0.4) is 0 Å². The van der Waals surface area contributed by atoms with Crippen LogP contribution in [0.2, 0.25) is 0 Å². The SMILES string of the molecule is COc1ccc(NC(=O)NC(=O)COC(=O)c2ccc(-n3cccn3)nc2)cc1. The third-order valence-corrected chi connectivity index (χ3v) is 3.66. The maximum absolute atomic E-state index is 12.0. The summed E-state index contributed by atoms with van der Waals surface area (Å²) in [6.45, 7) is -0.615. The highest BCUT2D eigenvalue weighted by atomic mass is 16.5. The molecular formula is C19H17N5O5. The van der Waals surface area contributed by atoms with Crippen molar-refractivity contribution in [3.05, 3.63) is 66.6 Å². The largest absolute Gasteiger partial charge is 0.497 e. The molecule has 2 aromatic heterocycles. The van der Waals surface area contributed by atoms with E-state index < -0.39 is 24.5 Å². The molecule has 29 heavy (non-hydrogen) atoms. The number of carbonyl (C=O) groups is 3. The number of rotatable bonds is 6. The Balaban J connectivity index is 1.45. The number of methoxy groups -OCH3 is 1. The number of esters is 1. The lowest BCUT2D eigenvalue weighted by Crippen LogP contribution is -2.37. The summed E-state index contributed by atoms with van der Waals surface area (Å²) in [4.78, 5) is 39.7. The first kappa shape index (κ1) is 19.5. The summed E-state index contributed by atoms with van der Waals surface area (Å²) in [6, 6.07) is 10.6. The van der Waals surface area contributed by atoms with Gasteiger partial charge < -0.3 is 14.8 Å². The average molecular weight is 395 g/mol. The third kappa shape index (κ3) is 5.39. The molecule has 0 spiro atoms. The van der Waals surface area contributed by atoms with Gasteiger partial charge in [0.2, 0.25) is 0 Å². The fourth-order valence-electron chi connectivity index (χ4n) is 2.26. The van der Waals surface area contributed by atoms with E-state index in [9.17, 15) is 14.4 Å². The first-order valence-electron chi connectivity index (χ1n) is 8.43. The quantitative estimate of drug-likeness (QED) is 0.610. The zero-order valence-electron chi connectivity index (χ0n) is 15.4. The highest BCUT2D eigenvalue weighted by Crippen LogP contribution is 2.14. The predicted octanol–water partition coefficient (Wildman–Crippen LogP) is 1.78. The van der Waals surface area contributed by atoms with Crippen LogP contribution in [0, 0.1) is 0 Å². The topological polar surface area (TPSA) is 124 Å². The van der Waals surface area contributed by atoms with Gasteiger partial charge in [0.15, 0.2) is 12.4 Å². The van der Waals surface area contributed by atoms with Crippen LogP contribution >= 0.6 is 0 Å². The molecule has 0 bridgehead atoms. The van der Waals surface area contributed by atoms with E-state index in [1.165, 1.54) is 24.1 Å². The van der Waals surface area contributed by atoms with Crippen LogP contribution in [0.1, 0.15) is 10.4 Å². The summed E-state index contributed by atoms with van der Waals surface area (Å²) in [5.41, 5.74) is 0.632. The molecule has 0 saturated carbocycles. The number of hydrogen-bond acceptors (Lipinski definition) is 7. The van der Waals surface area contributed by atoms with Gasteiger partial charge in [0, 0.05) is 24.3 Å². The highest BCUT2D eigenvalue weighted by Gasteiger charge is 2.13. The average Bonchev–Trinajstić information content (AvgIpc) is 3.27. The zero-order valence-corrected chi connectivity index (χ0v) is 15.4. The number of urea groups is 1. The van der Waals surface area contributed by atoms with Gasteiger partial charge in [-0.15, -0.1) is 0 Å². The lowest BCUT2D eigenvalue weighted by Gasteiger charge is -2.08. The first-order valence-corrected chi connectivity index (χ1v) is 8.43. The molecule has 3 aromatic rings. The van der Waals surface area contributed by atoms with Crippen molar-refractivity contribution in [1.29, 1.82) is 0 Å². The van der Waals surface area contributed by atoms with Crippen molar-refractivity contribution >= 4 is 23.6 Å². The number of hydrogen-bond donors (Lipinski definition) is 2. The molecule has 0 saturated heterocycles. The smallest absolute Gasteiger partial charge is 0.340 e.